The molecule has 2 aromatic rings. The summed E-state index contributed by atoms with van der Waals surface area (Å²) in [5, 5.41) is 13.2. The van der Waals surface area contributed by atoms with Gasteiger partial charge in [0.1, 0.15) is 0 Å². The third kappa shape index (κ3) is 1.40. The van der Waals surface area contributed by atoms with Gasteiger partial charge in [0.05, 0.1) is 19.9 Å². The van der Waals surface area contributed by atoms with Crippen molar-refractivity contribution in [2.24, 2.45) is 7.05 Å². The van der Waals surface area contributed by atoms with Gasteiger partial charge in [-0.3, -0.25) is 9.67 Å². The Labute approximate surface area is 83.2 Å². The summed E-state index contributed by atoms with van der Waals surface area (Å²) in [5.74, 6) is 0. The Hall–Kier alpha value is -1.68. The Morgan fingerprint density at radius 1 is 1.57 bits per heavy atom. The van der Waals surface area contributed by atoms with Crippen LogP contribution in [-0.2, 0) is 13.7 Å². The molecule has 2 aromatic heterocycles. The van der Waals surface area contributed by atoms with Crippen LogP contribution < -0.4 is 0 Å². The number of aliphatic hydroxyl groups is 1. The van der Waals surface area contributed by atoms with E-state index in [1.807, 2.05) is 7.05 Å². The van der Waals surface area contributed by atoms with Gasteiger partial charge in [0.25, 0.3) is 0 Å². The number of aryl methyl sites for hydroxylation is 1. The molecule has 2 heterocycles. The van der Waals surface area contributed by atoms with Crippen LogP contribution in [0, 0.1) is 0 Å². The molecule has 0 fully saturated rings. The molecule has 72 valence electrons. The molecule has 0 spiro atoms. The van der Waals surface area contributed by atoms with Gasteiger partial charge in [-0.05, 0) is 12.1 Å². The highest BCUT2D eigenvalue weighted by atomic mass is 16.3. The molecule has 0 aliphatic rings. The Balaban J connectivity index is 2.52. The third-order valence-corrected chi connectivity index (χ3v) is 2.07. The molecule has 0 bridgehead atoms. The highest BCUT2D eigenvalue weighted by Crippen LogP contribution is 2.21. The molecule has 4 heteroatoms. The lowest BCUT2D eigenvalue weighted by Gasteiger charge is -2.03. The first-order valence-electron chi connectivity index (χ1n) is 4.77. The van der Waals surface area contributed by atoms with E-state index in [-0.39, 0.29) is 12.8 Å². The first kappa shape index (κ1) is 7.70. The van der Waals surface area contributed by atoms with Gasteiger partial charge >= 0.3 is 0 Å². The summed E-state index contributed by atoms with van der Waals surface area (Å²) in [6.07, 6.45) is 3.47. The topological polar surface area (TPSA) is 50.9 Å². The smallest absolute Gasteiger partial charge is 0.0840 e. The molecule has 2 rings (SSSR count). The van der Waals surface area contributed by atoms with E-state index in [1.165, 1.54) is 0 Å². The molecule has 0 aliphatic heterocycles. The fourth-order valence-electron chi connectivity index (χ4n) is 1.43. The number of hydrogen-bond donors (Lipinski definition) is 1. The molecule has 0 saturated carbocycles. The second-order valence-electron chi connectivity index (χ2n) is 2.98. The number of pyridine rings is 1. The fraction of sp³-hybridized carbons (Fsp3) is 0.200. The van der Waals surface area contributed by atoms with Crippen molar-refractivity contribution in [1.82, 2.24) is 14.8 Å². The molecular formula is C10H11N3O. The van der Waals surface area contributed by atoms with E-state index >= 15 is 0 Å². The van der Waals surface area contributed by atoms with E-state index in [2.05, 4.69) is 10.1 Å². The lowest BCUT2D eigenvalue weighted by molar-refractivity contribution is 0.282. The highest BCUT2D eigenvalue weighted by molar-refractivity contribution is 5.61. The minimum Gasteiger partial charge on any atom is -0.392 e. The van der Waals surface area contributed by atoms with E-state index in [1.54, 1.807) is 29.2 Å². The molecule has 0 aromatic carbocycles. The zero-order valence-corrected chi connectivity index (χ0v) is 7.81. The van der Waals surface area contributed by atoms with Crippen molar-refractivity contribution in [3.8, 4) is 11.3 Å². The molecule has 4 nitrogen and oxygen atoms in total. The molecule has 1 N–H and O–H groups in total. The minimum absolute atomic E-state index is 0.0498. The number of nitrogens with zero attached hydrogens (tertiary/aromatic N) is 3. The van der Waals surface area contributed by atoms with Crippen molar-refractivity contribution in [2.75, 3.05) is 0 Å². The lowest BCUT2D eigenvalue weighted by Crippen LogP contribution is -1.95. The second kappa shape index (κ2) is 3.59. The van der Waals surface area contributed by atoms with Crippen molar-refractivity contribution in [2.45, 2.75) is 6.61 Å². The molecule has 0 atom stereocenters. The quantitative estimate of drug-likeness (QED) is 0.767. The van der Waals surface area contributed by atoms with Gasteiger partial charge < -0.3 is 5.11 Å². The highest BCUT2D eigenvalue weighted by Gasteiger charge is 2.09. The monoisotopic (exact) mass is 190 g/mol. The second-order valence-corrected chi connectivity index (χ2v) is 2.98. The Morgan fingerprint density at radius 3 is 3.07 bits per heavy atom. The molecule has 0 unspecified atom stereocenters. The lowest BCUT2D eigenvalue weighted by atomic mass is 10.1. The molecular weight excluding hydrogens is 178 g/mol. The molecule has 0 saturated heterocycles. The molecule has 14 heavy (non-hydrogen) atoms. The SMILES string of the molecule is [2H]c1ccc(-c2c(CO)cnn2C)cn1. The van der Waals surface area contributed by atoms with Crippen LogP contribution in [0.4, 0.5) is 0 Å². The van der Waals surface area contributed by atoms with Gasteiger partial charge in [0, 0.05) is 30.5 Å². The number of hydrogen-bond acceptors (Lipinski definition) is 3. The summed E-state index contributed by atoms with van der Waals surface area (Å²) in [4.78, 5) is 3.90. The maximum atomic E-state index is 9.14. The van der Waals surface area contributed by atoms with Crippen molar-refractivity contribution in [3.05, 3.63) is 36.3 Å². The zero-order chi connectivity index (χ0) is 10.8. The predicted octanol–water partition coefficient (Wildman–Crippen LogP) is 0.974. The van der Waals surface area contributed by atoms with E-state index in [4.69, 9.17) is 6.48 Å². The summed E-state index contributed by atoms with van der Waals surface area (Å²) < 4.78 is 8.97. The Kier molecular flexibility index (Phi) is 1.98. The van der Waals surface area contributed by atoms with Crippen molar-refractivity contribution in [3.63, 3.8) is 0 Å². The van der Waals surface area contributed by atoms with Crippen molar-refractivity contribution >= 4 is 0 Å². The van der Waals surface area contributed by atoms with E-state index in [0.29, 0.717) is 0 Å². The average molecular weight is 190 g/mol. The van der Waals surface area contributed by atoms with Crippen LogP contribution in [0.25, 0.3) is 11.3 Å². The van der Waals surface area contributed by atoms with Gasteiger partial charge in [-0.2, -0.15) is 5.10 Å². The van der Waals surface area contributed by atoms with Crippen LogP contribution in [0.5, 0.6) is 0 Å². The maximum Gasteiger partial charge on any atom is 0.0840 e. The van der Waals surface area contributed by atoms with Gasteiger partial charge in [0.2, 0.25) is 0 Å². The van der Waals surface area contributed by atoms with Crippen LogP contribution in [0.15, 0.2) is 30.7 Å². The molecule has 0 amide bonds. The van der Waals surface area contributed by atoms with Crippen LogP contribution in [0.1, 0.15) is 6.93 Å². The predicted molar refractivity (Wildman–Crippen MR) is 52.4 cm³/mol. The van der Waals surface area contributed by atoms with Crippen molar-refractivity contribution < 1.29 is 6.48 Å². The van der Waals surface area contributed by atoms with Gasteiger partial charge in [-0.15, -0.1) is 0 Å². The number of aromatic nitrogens is 3. The van der Waals surface area contributed by atoms with Crippen LogP contribution in [0.2, 0.25) is 0 Å². The van der Waals surface area contributed by atoms with Gasteiger partial charge in [-0.1, -0.05) is 0 Å². The van der Waals surface area contributed by atoms with Gasteiger partial charge in [-0.25, -0.2) is 0 Å². The Morgan fingerprint density at radius 2 is 2.43 bits per heavy atom. The van der Waals surface area contributed by atoms with Crippen LogP contribution >= 0.6 is 0 Å². The third-order valence-electron chi connectivity index (χ3n) is 2.07. The standard InChI is InChI=1S/C10H11N3O/c1-13-10(9(7-14)6-12-13)8-3-2-4-11-5-8/h2-6,14H,7H2,1H3/i4D. The van der Waals surface area contributed by atoms with Crippen molar-refractivity contribution in [1.29, 1.82) is 0 Å². The molecule has 0 radical (unpaired) electrons. The van der Waals surface area contributed by atoms with Crippen LogP contribution in [-0.4, -0.2) is 19.9 Å². The average Bonchev–Trinajstić information content (AvgIpc) is 2.61. The summed E-state index contributed by atoms with van der Waals surface area (Å²) in [6.45, 7) is -0.0498. The fourth-order valence-corrected chi connectivity index (χ4v) is 1.43. The summed E-state index contributed by atoms with van der Waals surface area (Å²) in [7, 11) is 1.81. The number of aliphatic hydroxyl groups excluding tert-OH is 1. The Bertz CT molecular complexity index is 464. The first-order valence-corrected chi connectivity index (χ1v) is 4.27. The summed E-state index contributed by atoms with van der Waals surface area (Å²) >= 11 is 0. The maximum absolute atomic E-state index is 9.14. The minimum atomic E-state index is -0.0498. The zero-order valence-electron chi connectivity index (χ0n) is 8.81. The van der Waals surface area contributed by atoms with E-state index in [0.717, 1.165) is 16.8 Å². The summed E-state index contributed by atoms with van der Waals surface area (Å²) in [5.41, 5.74) is 2.46. The van der Waals surface area contributed by atoms with Gasteiger partial charge in [0.15, 0.2) is 0 Å². The van der Waals surface area contributed by atoms with Crippen LogP contribution in [0.3, 0.4) is 0 Å². The number of rotatable bonds is 2. The summed E-state index contributed by atoms with van der Waals surface area (Å²) in [6, 6.07) is 3.41. The first-order chi connectivity index (χ1) is 7.22. The molecule has 0 aliphatic carbocycles. The van der Waals surface area contributed by atoms with E-state index in [9.17, 15) is 0 Å². The largest absolute Gasteiger partial charge is 0.392 e. The van der Waals surface area contributed by atoms with E-state index < -0.39 is 0 Å². The normalized spacial score (nSPS) is 11.4.